The molecule has 0 saturated heterocycles. The van der Waals surface area contributed by atoms with Crippen LogP contribution in [0, 0.1) is 0 Å². The lowest BCUT2D eigenvalue weighted by atomic mass is 10.2. The monoisotopic (exact) mass is 173 g/mol. The number of carbonyl (C=O) groups is 2. The normalized spacial score (nSPS) is 12.2. The van der Waals surface area contributed by atoms with E-state index < -0.39 is 0 Å². The van der Waals surface area contributed by atoms with Crippen molar-refractivity contribution in [3.63, 3.8) is 0 Å². The SMILES string of the molecule is CCOC(=O)[C@H](CCC=O)NC. The van der Waals surface area contributed by atoms with Gasteiger partial charge in [0.25, 0.3) is 0 Å². The second kappa shape index (κ2) is 6.79. The number of carbonyl (C=O) groups excluding carboxylic acids is 2. The van der Waals surface area contributed by atoms with Gasteiger partial charge in [-0.1, -0.05) is 0 Å². The van der Waals surface area contributed by atoms with Crippen LogP contribution in [0.2, 0.25) is 0 Å². The molecule has 0 aliphatic rings. The van der Waals surface area contributed by atoms with E-state index in [4.69, 9.17) is 4.74 Å². The van der Waals surface area contributed by atoms with Gasteiger partial charge in [0.2, 0.25) is 0 Å². The highest BCUT2D eigenvalue weighted by atomic mass is 16.5. The highest BCUT2D eigenvalue weighted by molar-refractivity contribution is 5.76. The lowest BCUT2D eigenvalue weighted by Crippen LogP contribution is -2.35. The van der Waals surface area contributed by atoms with Crippen LogP contribution in [-0.2, 0) is 14.3 Å². The number of likely N-dealkylation sites (N-methyl/N-ethyl adjacent to an activating group) is 1. The van der Waals surface area contributed by atoms with Crippen molar-refractivity contribution in [3.05, 3.63) is 0 Å². The Hall–Kier alpha value is -0.900. The summed E-state index contributed by atoms with van der Waals surface area (Å²) in [4.78, 5) is 21.1. The fourth-order valence-corrected chi connectivity index (χ4v) is 0.858. The Bertz CT molecular complexity index is 147. The Morgan fingerprint density at radius 3 is 2.75 bits per heavy atom. The second-order valence-corrected chi connectivity index (χ2v) is 2.34. The topological polar surface area (TPSA) is 55.4 Å². The van der Waals surface area contributed by atoms with Gasteiger partial charge in [-0.25, -0.2) is 0 Å². The molecule has 1 atom stereocenters. The molecule has 0 amide bonds. The molecular weight excluding hydrogens is 158 g/mol. The van der Waals surface area contributed by atoms with Crippen LogP contribution < -0.4 is 5.32 Å². The largest absolute Gasteiger partial charge is 0.465 e. The maximum Gasteiger partial charge on any atom is 0.323 e. The summed E-state index contributed by atoms with van der Waals surface area (Å²) in [6, 6.07) is -0.352. The van der Waals surface area contributed by atoms with Gasteiger partial charge in [-0.3, -0.25) is 4.79 Å². The van der Waals surface area contributed by atoms with Gasteiger partial charge in [0, 0.05) is 6.42 Å². The van der Waals surface area contributed by atoms with Crippen molar-refractivity contribution in [2.24, 2.45) is 0 Å². The van der Waals surface area contributed by atoms with Crippen molar-refractivity contribution in [1.29, 1.82) is 0 Å². The molecule has 0 aliphatic heterocycles. The van der Waals surface area contributed by atoms with Gasteiger partial charge in [-0.15, -0.1) is 0 Å². The number of hydrogen-bond acceptors (Lipinski definition) is 4. The molecule has 4 heteroatoms. The standard InChI is InChI=1S/C8H15NO3/c1-3-12-8(11)7(9-2)5-4-6-10/h6-7,9H,3-5H2,1-2H3/t7-/m0/s1. The number of nitrogens with one attached hydrogen (secondary N) is 1. The molecule has 0 spiro atoms. The summed E-state index contributed by atoms with van der Waals surface area (Å²) in [6.45, 7) is 2.13. The molecule has 1 N–H and O–H groups in total. The molecule has 0 bridgehead atoms. The lowest BCUT2D eigenvalue weighted by molar-refractivity contribution is -0.145. The molecule has 0 unspecified atom stereocenters. The summed E-state index contributed by atoms with van der Waals surface area (Å²) < 4.78 is 4.77. The molecule has 0 saturated carbocycles. The zero-order valence-electron chi connectivity index (χ0n) is 7.50. The van der Waals surface area contributed by atoms with E-state index in [0.717, 1.165) is 6.29 Å². The third kappa shape index (κ3) is 4.08. The Morgan fingerprint density at radius 2 is 2.33 bits per heavy atom. The summed E-state index contributed by atoms with van der Waals surface area (Å²) >= 11 is 0. The van der Waals surface area contributed by atoms with E-state index in [1.807, 2.05) is 0 Å². The predicted octanol–water partition coefficient (Wildman–Crippen LogP) is 0.117. The predicted molar refractivity (Wildman–Crippen MR) is 44.8 cm³/mol. The van der Waals surface area contributed by atoms with Crippen LogP contribution in [-0.4, -0.2) is 32.0 Å². The van der Waals surface area contributed by atoms with Crippen molar-refractivity contribution < 1.29 is 14.3 Å². The minimum absolute atomic E-state index is 0.290. The number of rotatable bonds is 6. The minimum Gasteiger partial charge on any atom is -0.465 e. The molecule has 0 aromatic heterocycles. The smallest absolute Gasteiger partial charge is 0.323 e. The Balaban J connectivity index is 3.78. The zero-order chi connectivity index (χ0) is 9.40. The average molecular weight is 173 g/mol. The zero-order valence-corrected chi connectivity index (χ0v) is 7.50. The lowest BCUT2D eigenvalue weighted by Gasteiger charge is -2.12. The highest BCUT2D eigenvalue weighted by Crippen LogP contribution is 1.97. The van der Waals surface area contributed by atoms with E-state index >= 15 is 0 Å². The van der Waals surface area contributed by atoms with E-state index in [2.05, 4.69) is 5.32 Å². The van der Waals surface area contributed by atoms with E-state index in [1.165, 1.54) is 0 Å². The van der Waals surface area contributed by atoms with Gasteiger partial charge in [-0.05, 0) is 20.4 Å². The third-order valence-corrected chi connectivity index (χ3v) is 1.49. The molecule has 4 nitrogen and oxygen atoms in total. The first-order valence-electron chi connectivity index (χ1n) is 4.03. The quantitative estimate of drug-likeness (QED) is 0.458. The van der Waals surface area contributed by atoms with Crippen molar-refractivity contribution >= 4 is 12.3 Å². The van der Waals surface area contributed by atoms with Crippen LogP contribution in [0.3, 0.4) is 0 Å². The van der Waals surface area contributed by atoms with Crippen LogP contribution in [0.1, 0.15) is 19.8 Å². The summed E-state index contributed by atoms with van der Waals surface area (Å²) in [6.07, 6.45) is 1.67. The van der Waals surface area contributed by atoms with Crippen LogP contribution >= 0.6 is 0 Å². The average Bonchev–Trinajstić information content (AvgIpc) is 2.06. The minimum atomic E-state index is -0.352. The first-order valence-corrected chi connectivity index (χ1v) is 4.03. The van der Waals surface area contributed by atoms with E-state index in [-0.39, 0.29) is 12.0 Å². The molecule has 0 fully saturated rings. The van der Waals surface area contributed by atoms with Crippen molar-refractivity contribution in [1.82, 2.24) is 5.32 Å². The van der Waals surface area contributed by atoms with Crippen LogP contribution in [0.25, 0.3) is 0 Å². The maximum absolute atomic E-state index is 11.1. The molecule has 12 heavy (non-hydrogen) atoms. The van der Waals surface area contributed by atoms with Gasteiger partial charge in [-0.2, -0.15) is 0 Å². The van der Waals surface area contributed by atoms with Crippen molar-refractivity contribution in [2.45, 2.75) is 25.8 Å². The number of aldehydes is 1. The second-order valence-electron chi connectivity index (χ2n) is 2.34. The molecule has 0 rings (SSSR count). The van der Waals surface area contributed by atoms with Crippen LogP contribution in [0.15, 0.2) is 0 Å². The molecule has 0 radical (unpaired) electrons. The van der Waals surface area contributed by atoms with Gasteiger partial charge in [0.05, 0.1) is 6.61 Å². The van der Waals surface area contributed by atoms with E-state index in [0.29, 0.717) is 19.4 Å². The maximum atomic E-state index is 11.1. The van der Waals surface area contributed by atoms with E-state index in [1.54, 1.807) is 14.0 Å². The number of esters is 1. The molecule has 70 valence electrons. The fourth-order valence-electron chi connectivity index (χ4n) is 0.858. The Kier molecular flexibility index (Phi) is 6.28. The summed E-state index contributed by atoms with van der Waals surface area (Å²) in [5, 5.41) is 2.79. The summed E-state index contributed by atoms with van der Waals surface area (Å²) in [7, 11) is 1.67. The van der Waals surface area contributed by atoms with Crippen molar-refractivity contribution in [2.75, 3.05) is 13.7 Å². The first kappa shape index (κ1) is 11.1. The van der Waals surface area contributed by atoms with Crippen LogP contribution in [0.5, 0.6) is 0 Å². The Labute approximate surface area is 72.3 Å². The summed E-state index contributed by atoms with van der Waals surface area (Å²) in [5.74, 6) is -0.290. The molecule has 0 aromatic carbocycles. The van der Waals surface area contributed by atoms with Gasteiger partial charge in [0.1, 0.15) is 12.3 Å². The summed E-state index contributed by atoms with van der Waals surface area (Å²) in [5.41, 5.74) is 0. The van der Waals surface area contributed by atoms with Gasteiger partial charge < -0.3 is 14.8 Å². The molecular formula is C8H15NO3. The van der Waals surface area contributed by atoms with Crippen molar-refractivity contribution in [3.8, 4) is 0 Å². The fraction of sp³-hybridized carbons (Fsp3) is 0.750. The van der Waals surface area contributed by atoms with E-state index in [9.17, 15) is 9.59 Å². The van der Waals surface area contributed by atoms with Gasteiger partial charge >= 0.3 is 5.97 Å². The number of hydrogen-bond donors (Lipinski definition) is 1. The van der Waals surface area contributed by atoms with Gasteiger partial charge in [0.15, 0.2) is 0 Å². The number of ether oxygens (including phenoxy) is 1. The van der Waals surface area contributed by atoms with Crippen LogP contribution in [0.4, 0.5) is 0 Å². The molecule has 0 aliphatic carbocycles. The first-order chi connectivity index (χ1) is 5.76. The third-order valence-electron chi connectivity index (χ3n) is 1.49. The Morgan fingerprint density at radius 1 is 1.67 bits per heavy atom. The highest BCUT2D eigenvalue weighted by Gasteiger charge is 2.16. The molecule has 0 aromatic rings. The molecule has 0 heterocycles.